The van der Waals surface area contributed by atoms with E-state index in [4.69, 9.17) is 17.0 Å². The molecule has 1 aliphatic carbocycles. The Morgan fingerprint density at radius 2 is 1.94 bits per heavy atom. The van der Waals surface area contributed by atoms with Crippen LogP contribution in [0.5, 0.6) is 0 Å². The normalized spacial score (nSPS) is 23.9. The molecule has 3 aliphatic rings. The second-order valence-electron chi connectivity index (χ2n) is 9.95. The van der Waals surface area contributed by atoms with Crippen LogP contribution in [0.25, 0.3) is 0 Å². The number of amides is 1. The molecule has 0 bridgehead atoms. The third-order valence-electron chi connectivity index (χ3n) is 7.79. The number of likely N-dealkylation sites (tertiary alicyclic amines) is 1. The van der Waals surface area contributed by atoms with Crippen molar-refractivity contribution < 1.29 is 9.53 Å². The molecule has 2 N–H and O–H groups in total. The van der Waals surface area contributed by atoms with Gasteiger partial charge in [-0.3, -0.25) is 4.79 Å². The number of H-pyrrole nitrogens is 1. The molecule has 1 amide bonds. The number of hydrogen-bond donors (Lipinski definition) is 2. The summed E-state index contributed by atoms with van der Waals surface area (Å²) in [6.07, 6.45) is 9.05. The molecule has 2 unspecified atom stereocenters. The minimum Gasteiger partial charge on any atom is -0.378 e. The molecule has 3 fully saturated rings. The van der Waals surface area contributed by atoms with Gasteiger partial charge in [0.1, 0.15) is 5.54 Å². The first-order valence-corrected chi connectivity index (χ1v) is 12.9. The standard InChI is InChI=1S/C25H37N5O2S/c1-29-12-9-25(18-26,10-13-29)28-23(31)22(24(33)30-14-16-32-17-15-30)21(20-8-5-11-27-20)19-6-3-2-4-7-19/h5,8,11,19,21-22,27H,2-4,6-7,9-10,12-17H2,1H3,(H,28,31). The van der Waals surface area contributed by atoms with Crippen molar-refractivity contribution in [3.63, 3.8) is 0 Å². The minimum absolute atomic E-state index is 0.0161. The molecule has 33 heavy (non-hydrogen) atoms. The van der Waals surface area contributed by atoms with Gasteiger partial charge in [-0.1, -0.05) is 31.5 Å². The lowest BCUT2D eigenvalue weighted by Gasteiger charge is -2.41. The summed E-state index contributed by atoms with van der Waals surface area (Å²) in [6.45, 7) is 4.26. The molecule has 2 aliphatic heterocycles. The van der Waals surface area contributed by atoms with Gasteiger partial charge in [0.15, 0.2) is 0 Å². The Morgan fingerprint density at radius 1 is 1.24 bits per heavy atom. The van der Waals surface area contributed by atoms with E-state index in [1.54, 1.807) is 0 Å². The number of nitrogens with zero attached hydrogens (tertiary/aromatic N) is 3. The van der Waals surface area contributed by atoms with Crippen LogP contribution in [0.1, 0.15) is 56.6 Å². The number of thiocarbonyl (C=S) groups is 1. The van der Waals surface area contributed by atoms with E-state index in [0.29, 0.717) is 50.1 Å². The second kappa shape index (κ2) is 11.0. The smallest absolute Gasteiger partial charge is 0.231 e. The summed E-state index contributed by atoms with van der Waals surface area (Å²) in [5.74, 6) is -0.201. The molecule has 8 heteroatoms. The molecule has 2 atom stereocenters. The predicted octanol–water partition coefficient (Wildman–Crippen LogP) is 3.06. The van der Waals surface area contributed by atoms with E-state index >= 15 is 0 Å². The van der Waals surface area contributed by atoms with Gasteiger partial charge in [0.2, 0.25) is 5.91 Å². The van der Waals surface area contributed by atoms with Crippen LogP contribution in [-0.4, -0.2) is 77.7 Å². The number of morpholine rings is 1. The van der Waals surface area contributed by atoms with Gasteiger partial charge in [0.05, 0.1) is 30.2 Å². The maximum Gasteiger partial charge on any atom is 0.231 e. The van der Waals surface area contributed by atoms with Gasteiger partial charge in [0.25, 0.3) is 0 Å². The molecular formula is C25H37N5O2S. The highest BCUT2D eigenvalue weighted by Gasteiger charge is 2.44. The molecule has 0 radical (unpaired) electrons. The zero-order valence-corrected chi connectivity index (χ0v) is 20.5. The summed E-state index contributed by atoms with van der Waals surface area (Å²) < 4.78 is 5.55. The molecule has 1 aromatic heterocycles. The SMILES string of the molecule is CN1CCC(C#N)(NC(=O)C(C(=S)N2CCOCC2)C(c2ccc[nH]2)C2CCCCC2)CC1. The third-order valence-corrected chi connectivity index (χ3v) is 8.30. The number of carbonyl (C=O) groups excluding carboxylic acids is 1. The highest BCUT2D eigenvalue weighted by Crippen LogP contribution is 2.42. The molecule has 3 heterocycles. The Labute approximate surface area is 202 Å². The number of nitrogens with one attached hydrogen (secondary N) is 2. The Kier molecular flexibility index (Phi) is 8.05. The zero-order chi connectivity index (χ0) is 23.3. The fourth-order valence-corrected chi connectivity index (χ4v) is 6.17. The van der Waals surface area contributed by atoms with Crippen molar-refractivity contribution in [3.05, 3.63) is 24.0 Å². The van der Waals surface area contributed by atoms with Crippen LogP contribution < -0.4 is 5.32 Å². The molecule has 7 nitrogen and oxygen atoms in total. The van der Waals surface area contributed by atoms with Gasteiger partial charge in [-0.15, -0.1) is 0 Å². The summed E-state index contributed by atoms with van der Waals surface area (Å²) in [4.78, 5) is 22.5. The lowest BCUT2D eigenvalue weighted by molar-refractivity contribution is -0.126. The zero-order valence-electron chi connectivity index (χ0n) is 19.7. The Balaban J connectivity index is 1.66. The molecular weight excluding hydrogens is 434 g/mol. The Morgan fingerprint density at radius 3 is 2.55 bits per heavy atom. The van der Waals surface area contributed by atoms with Crippen LogP contribution in [0.3, 0.4) is 0 Å². The van der Waals surface area contributed by atoms with E-state index in [1.807, 2.05) is 12.3 Å². The average molecular weight is 472 g/mol. The number of nitriles is 1. The van der Waals surface area contributed by atoms with Crippen molar-refractivity contribution in [2.75, 3.05) is 46.4 Å². The molecule has 0 aromatic carbocycles. The molecule has 4 rings (SSSR count). The summed E-state index contributed by atoms with van der Waals surface area (Å²) in [5.41, 5.74) is 0.252. The first kappa shape index (κ1) is 24.2. The highest BCUT2D eigenvalue weighted by molar-refractivity contribution is 7.80. The van der Waals surface area contributed by atoms with E-state index in [-0.39, 0.29) is 11.8 Å². The number of carbonyl (C=O) groups is 1. The predicted molar refractivity (Wildman–Crippen MR) is 132 cm³/mol. The number of aromatic nitrogens is 1. The Bertz CT molecular complexity index is 831. The monoisotopic (exact) mass is 471 g/mol. The number of ether oxygens (including phenoxy) is 1. The summed E-state index contributed by atoms with van der Waals surface area (Å²) in [6, 6.07) is 6.55. The van der Waals surface area contributed by atoms with Gasteiger partial charge in [-0.25, -0.2) is 0 Å². The molecule has 0 spiro atoms. The van der Waals surface area contributed by atoms with E-state index < -0.39 is 11.5 Å². The molecule has 2 saturated heterocycles. The average Bonchev–Trinajstić information content (AvgIpc) is 3.39. The number of piperidine rings is 1. The summed E-state index contributed by atoms with van der Waals surface area (Å²) >= 11 is 6.05. The summed E-state index contributed by atoms with van der Waals surface area (Å²) in [7, 11) is 2.06. The second-order valence-corrected chi connectivity index (χ2v) is 10.4. The quantitative estimate of drug-likeness (QED) is 0.621. The van der Waals surface area contributed by atoms with Crippen LogP contribution in [-0.2, 0) is 9.53 Å². The number of rotatable bonds is 6. The van der Waals surface area contributed by atoms with Crippen LogP contribution in [0.4, 0.5) is 0 Å². The van der Waals surface area contributed by atoms with Crippen LogP contribution in [0.2, 0.25) is 0 Å². The highest BCUT2D eigenvalue weighted by atomic mass is 32.1. The Hall–Kier alpha value is -1.95. The van der Waals surface area contributed by atoms with E-state index in [0.717, 1.165) is 31.6 Å². The van der Waals surface area contributed by atoms with Crippen LogP contribution >= 0.6 is 12.2 Å². The van der Waals surface area contributed by atoms with Crippen LogP contribution in [0.15, 0.2) is 18.3 Å². The lowest BCUT2D eigenvalue weighted by atomic mass is 9.71. The van der Waals surface area contributed by atoms with Gasteiger partial charge < -0.3 is 24.8 Å². The van der Waals surface area contributed by atoms with Crippen molar-refractivity contribution in [1.82, 2.24) is 20.1 Å². The fraction of sp³-hybridized carbons (Fsp3) is 0.720. The van der Waals surface area contributed by atoms with Crippen LogP contribution in [0, 0.1) is 23.2 Å². The van der Waals surface area contributed by atoms with Crippen molar-refractivity contribution >= 4 is 23.1 Å². The summed E-state index contributed by atoms with van der Waals surface area (Å²) in [5, 5.41) is 13.3. The molecule has 1 aromatic rings. The van der Waals surface area contributed by atoms with E-state index in [2.05, 4.69) is 39.3 Å². The van der Waals surface area contributed by atoms with Gasteiger partial charge >= 0.3 is 0 Å². The number of hydrogen-bond acceptors (Lipinski definition) is 5. The van der Waals surface area contributed by atoms with Gasteiger partial charge in [-0.2, -0.15) is 5.26 Å². The van der Waals surface area contributed by atoms with Crippen molar-refractivity contribution in [1.29, 1.82) is 5.26 Å². The van der Waals surface area contributed by atoms with Crippen molar-refractivity contribution in [2.24, 2.45) is 11.8 Å². The first-order chi connectivity index (χ1) is 16.0. The topological polar surface area (TPSA) is 84.4 Å². The maximum atomic E-state index is 14.1. The van der Waals surface area contributed by atoms with Crippen molar-refractivity contribution in [2.45, 2.75) is 56.4 Å². The van der Waals surface area contributed by atoms with E-state index in [9.17, 15) is 10.1 Å². The van der Waals surface area contributed by atoms with Gasteiger partial charge in [-0.05, 0) is 50.8 Å². The third kappa shape index (κ3) is 5.59. The minimum atomic E-state index is -0.824. The number of aromatic amines is 1. The molecule has 180 valence electrons. The van der Waals surface area contributed by atoms with Crippen molar-refractivity contribution in [3.8, 4) is 6.07 Å². The maximum absolute atomic E-state index is 14.1. The van der Waals surface area contributed by atoms with E-state index in [1.165, 1.54) is 19.3 Å². The molecule has 1 saturated carbocycles. The largest absolute Gasteiger partial charge is 0.378 e. The fourth-order valence-electron chi connectivity index (χ4n) is 5.74. The van der Waals surface area contributed by atoms with Gasteiger partial charge in [0, 0.05) is 44.0 Å². The lowest BCUT2D eigenvalue weighted by Crippen LogP contribution is -2.58. The first-order valence-electron chi connectivity index (χ1n) is 12.4.